The number of aromatic nitrogens is 4. The fourth-order valence-electron chi connectivity index (χ4n) is 3.12. The molecule has 0 spiro atoms. The van der Waals surface area contributed by atoms with Crippen molar-refractivity contribution >= 4 is 17.5 Å². The van der Waals surface area contributed by atoms with Gasteiger partial charge in [0.2, 0.25) is 0 Å². The summed E-state index contributed by atoms with van der Waals surface area (Å²) in [5.74, 6) is 1.22. The zero-order valence-corrected chi connectivity index (χ0v) is 17.8. The zero-order chi connectivity index (χ0) is 20.3. The molecule has 6 nitrogen and oxygen atoms in total. The van der Waals surface area contributed by atoms with Gasteiger partial charge in [0.1, 0.15) is 0 Å². The fourth-order valence-corrected chi connectivity index (χ4v) is 3.97. The van der Waals surface area contributed by atoms with Crippen LogP contribution in [0.2, 0.25) is 0 Å². The van der Waals surface area contributed by atoms with Gasteiger partial charge >= 0.3 is 0 Å². The smallest absolute Gasteiger partial charge is 0.192 e. The van der Waals surface area contributed by atoms with Gasteiger partial charge in [0.15, 0.2) is 16.8 Å². The predicted octanol–water partition coefficient (Wildman–Crippen LogP) is 3.83. The Bertz CT molecular complexity index is 990. The van der Waals surface area contributed by atoms with E-state index in [9.17, 15) is 4.79 Å². The maximum absolute atomic E-state index is 12.7. The first-order valence-electron chi connectivity index (χ1n) is 9.20. The highest BCUT2D eigenvalue weighted by molar-refractivity contribution is 7.99. The molecule has 28 heavy (non-hydrogen) atoms. The van der Waals surface area contributed by atoms with E-state index in [0.717, 1.165) is 39.1 Å². The molecule has 0 saturated heterocycles. The number of rotatable bonds is 8. The van der Waals surface area contributed by atoms with Crippen molar-refractivity contribution in [3.8, 4) is 11.4 Å². The molecular formula is C21H26N4O2S. The normalized spacial score (nSPS) is 11.2. The van der Waals surface area contributed by atoms with Gasteiger partial charge in [-0.05, 0) is 32.9 Å². The highest BCUT2D eigenvalue weighted by Gasteiger charge is 2.18. The van der Waals surface area contributed by atoms with E-state index in [1.54, 1.807) is 7.11 Å². The number of benzene rings is 1. The highest BCUT2D eigenvalue weighted by Crippen LogP contribution is 2.26. The minimum atomic E-state index is 0.101. The molecule has 0 unspecified atom stereocenters. The van der Waals surface area contributed by atoms with Gasteiger partial charge in [-0.1, -0.05) is 35.5 Å². The van der Waals surface area contributed by atoms with E-state index < -0.39 is 0 Å². The van der Waals surface area contributed by atoms with Crippen molar-refractivity contribution in [3.63, 3.8) is 0 Å². The summed E-state index contributed by atoms with van der Waals surface area (Å²) in [6, 6.07) is 10.1. The molecule has 3 rings (SSSR count). The number of carbonyl (C=O) groups excluding carboxylic acids is 1. The van der Waals surface area contributed by atoms with Crippen molar-refractivity contribution in [1.82, 2.24) is 19.3 Å². The molecule has 0 aliphatic rings. The molecule has 148 valence electrons. The van der Waals surface area contributed by atoms with Gasteiger partial charge < -0.3 is 9.30 Å². The third-order valence-electron chi connectivity index (χ3n) is 4.92. The Balaban J connectivity index is 1.83. The highest BCUT2D eigenvalue weighted by atomic mass is 32.2. The molecule has 7 heteroatoms. The van der Waals surface area contributed by atoms with E-state index in [1.807, 2.05) is 48.2 Å². The summed E-state index contributed by atoms with van der Waals surface area (Å²) in [5, 5.41) is 9.47. The lowest BCUT2D eigenvalue weighted by Crippen LogP contribution is -2.09. The Kier molecular flexibility index (Phi) is 6.36. The molecule has 0 atom stereocenters. The number of methoxy groups -OCH3 is 1. The molecule has 3 aromatic rings. The standard InChI is InChI=1S/C21H26N4O2S/c1-14-7-6-8-17(11-14)20-22-23-21(25(20)9-10-27-5)28-13-19(26)18-12-15(2)24(4)16(18)3/h6-8,11-12H,9-10,13H2,1-5H3. The number of Topliss-reactive ketones (excluding diaryl/α,β-unsaturated/α-hetero) is 1. The zero-order valence-electron chi connectivity index (χ0n) is 17.0. The van der Waals surface area contributed by atoms with Gasteiger partial charge in [0, 0.05) is 36.7 Å². The summed E-state index contributed by atoms with van der Waals surface area (Å²) >= 11 is 1.42. The Morgan fingerprint density at radius 3 is 2.61 bits per heavy atom. The van der Waals surface area contributed by atoms with Crippen molar-refractivity contribution < 1.29 is 9.53 Å². The number of nitrogens with zero attached hydrogens (tertiary/aromatic N) is 4. The number of thioether (sulfide) groups is 1. The minimum absolute atomic E-state index is 0.101. The second kappa shape index (κ2) is 8.75. The van der Waals surface area contributed by atoms with Crippen LogP contribution >= 0.6 is 11.8 Å². The van der Waals surface area contributed by atoms with Gasteiger partial charge in [-0.2, -0.15) is 0 Å². The Morgan fingerprint density at radius 2 is 1.96 bits per heavy atom. The monoisotopic (exact) mass is 398 g/mol. The quantitative estimate of drug-likeness (QED) is 0.426. The minimum Gasteiger partial charge on any atom is -0.383 e. The second-order valence-corrected chi connectivity index (χ2v) is 7.82. The summed E-state index contributed by atoms with van der Waals surface area (Å²) in [7, 11) is 3.65. The molecule has 0 bridgehead atoms. The molecule has 0 radical (unpaired) electrons. The number of hydrogen-bond donors (Lipinski definition) is 0. The van der Waals surface area contributed by atoms with Crippen molar-refractivity contribution in [1.29, 1.82) is 0 Å². The van der Waals surface area contributed by atoms with Crippen LogP contribution in [0.3, 0.4) is 0 Å². The Morgan fingerprint density at radius 1 is 1.18 bits per heavy atom. The molecule has 0 aliphatic heterocycles. The molecule has 0 aliphatic carbocycles. The third-order valence-corrected chi connectivity index (χ3v) is 5.89. The molecule has 0 fully saturated rings. The maximum atomic E-state index is 12.7. The van der Waals surface area contributed by atoms with Crippen LogP contribution in [0, 0.1) is 20.8 Å². The summed E-state index contributed by atoms with van der Waals surface area (Å²) in [4.78, 5) is 12.7. The second-order valence-electron chi connectivity index (χ2n) is 6.88. The van der Waals surface area contributed by atoms with Crippen LogP contribution < -0.4 is 0 Å². The van der Waals surface area contributed by atoms with Crippen LogP contribution in [0.25, 0.3) is 11.4 Å². The van der Waals surface area contributed by atoms with Gasteiger partial charge in [-0.15, -0.1) is 10.2 Å². The average Bonchev–Trinajstić information content (AvgIpc) is 3.20. The molecule has 1 aromatic carbocycles. The van der Waals surface area contributed by atoms with Gasteiger partial charge in [0.05, 0.1) is 18.9 Å². The number of hydrogen-bond acceptors (Lipinski definition) is 5. The van der Waals surface area contributed by atoms with Crippen LogP contribution in [0.5, 0.6) is 0 Å². The molecule has 0 saturated carbocycles. The van der Waals surface area contributed by atoms with Gasteiger partial charge in [0.25, 0.3) is 0 Å². The van der Waals surface area contributed by atoms with E-state index in [2.05, 4.69) is 29.3 Å². The number of aryl methyl sites for hydroxylation is 2. The van der Waals surface area contributed by atoms with E-state index >= 15 is 0 Å². The Hall–Kier alpha value is -2.38. The van der Waals surface area contributed by atoms with Gasteiger partial charge in [-0.3, -0.25) is 9.36 Å². The molecule has 0 N–H and O–H groups in total. The van der Waals surface area contributed by atoms with Crippen LogP contribution in [0.1, 0.15) is 27.3 Å². The van der Waals surface area contributed by atoms with E-state index in [1.165, 1.54) is 11.8 Å². The molecule has 2 heterocycles. The SMILES string of the molecule is COCCn1c(SCC(=O)c2cc(C)n(C)c2C)nnc1-c1cccc(C)c1. The summed E-state index contributed by atoms with van der Waals surface area (Å²) in [6.07, 6.45) is 0. The topological polar surface area (TPSA) is 61.9 Å². The molecular weight excluding hydrogens is 372 g/mol. The summed E-state index contributed by atoms with van der Waals surface area (Å²) in [6.45, 7) is 7.22. The largest absolute Gasteiger partial charge is 0.383 e. The van der Waals surface area contributed by atoms with Crippen LogP contribution in [-0.4, -0.2) is 44.6 Å². The van der Waals surface area contributed by atoms with E-state index in [0.29, 0.717) is 18.9 Å². The predicted molar refractivity (Wildman–Crippen MR) is 112 cm³/mol. The fraction of sp³-hybridized carbons (Fsp3) is 0.381. The molecule has 0 amide bonds. The van der Waals surface area contributed by atoms with E-state index in [4.69, 9.17) is 4.74 Å². The lowest BCUT2D eigenvalue weighted by Gasteiger charge is -2.10. The van der Waals surface area contributed by atoms with Crippen LogP contribution in [0.15, 0.2) is 35.5 Å². The van der Waals surface area contributed by atoms with E-state index in [-0.39, 0.29) is 5.78 Å². The van der Waals surface area contributed by atoms with Crippen LogP contribution in [-0.2, 0) is 18.3 Å². The first-order valence-corrected chi connectivity index (χ1v) is 10.2. The van der Waals surface area contributed by atoms with Gasteiger partial charge in [-0.25, -0.2) is 0 Å². The van der Waals surface area contributed by atoms with Crippen molar-refractivity contribution in [2.75, 3.05) is 19.5 Å². The lowest BCUT2D eigenvalue weighted by atomic mass is 10.1. The number of ether oxygens (including phenoxy) is 1. The third kappa shape index (κ3) is 4.20. The maximum Gasteiger partial charge on any atom is 0.192 e. The van der Waals surface area contributed by atoms with Crippen LogP contribution in [0.4, 0.5) is 0 Å². The average molecular weight is 399 g/mol. The summed E-state index contributed by atoms with van der Waals surface area (Å²) < 4.78 is 9.32. The summed E-state index contributed by atoms with van der Waals surface area (Å²) in [5.41, 5.74) is 5.02. The number of carbonyl (C=O) groups is 1. The molecule has 2 aromatic heterocycles. The van der Waals surface area contributed by atoms with Crippen molar-refractivity contribution in [3.05, 3.63) is 52.8 Å². The lowest BCUT2D eigenvalue weighted by molar-refractivity contribution is 0.102. The number of ketones is 1. The van der Waals surface area contributed by atoms with Crippen molar-refractivity contribution in [2.24, 2.45) is 7.05 Å². The van der Waals surface area contributed by atoms with Crippen molar-refractivity contribution in [2.45, 2.75) is 32.5 Å². The first-order chi connectivity index (χ1) is 13.4. The Labute approximate surface area is 169 Å². The first kappa shape index (κ1) is 20.4.